The molecule has 0 saturated carbocycles. The molecule has 136 valence electrons. The lowest BCUT2D eigenvalue weighted by atomic mass is 10.1. The smallest absolute Gasteiger partial charge is 0.153 e. The summed E-state index contributed by atoms with van der Waals surface area (Å²) in [5.41, 5.74) is 1.37. The summed E-state index contributed by atoms with van der Waals surface area (Å²) < 4.78 is 27.0. The van der Waals surface area contributed by atoms with Gasteiger partial charge in [-0.1, -0.05) is 13.0 Å². The number of halogens is 2. The number of benzene rings is 1. The first-order valence-electron chi connectivity index (χ1n) is 8.33. The van der Waals surface area contributed by atoms with Crippen molar-refractivity contribution in [2.45, 2.75) is 33.2 Å². The molecule has 0 saturated heterocycles. The third-order valence-electron chi connectivity index (χ3n) is 3.90. The van der Waals surface area contributed by atoms with Gasteiger partial charge in [-0.25, -0.2) is 18.7 Å². The van der Waals surface area contributed by atoms with Crippen LogP contribution in [0.15, 0.2) is 30.3 Å². The van der Waals surface area contributed by atoms with Crippen LogP contribution < -0.4 is 10.6 Å². The van der Waals surface area contributed by atoms with Crippen molar-refractivity contribution in [1.82, 2.24) is 20.2 Å². The highest BCUT2D eigenvalue weighted by Gasteiger charge is 2.13. The zero-order valence-corrected chi connectivity index (χ0v) is 14.8. The molecule has 26 heavy (non-hydrogen) atoms. The highest BCUT2D eigenvalue weighted by molar-refractivity contribution is 5.56. The maximum absolute atomic E-state index is 13.9. The predicted octanol–water partition coefficient (Wildman–Crippen LogP) is 4.27. The minimum Gasteiger partial charge on any atom is -0.363 e. The van der Waals surface area contributed by atoms with E-state index >= 15 is 0 Å². The second-order valence-corrected chi connectivity index (χ2v) is 5.97. The van der Waals surface area contributed by atoms with Gasteiger partial charge in [0.15, 0.2) is 5.82 Å². The minimum atomic E-state index is -0.603. The van der Waals surface area contributed by atoms with Gasteiger partial charge in [-0.05, 0) is 26.3 Å². The molecule has 6 nitrogen and oxygen atoms in total. The number of nitrogens with one attached hydrogen (secondary N) is 3. The van der Waals surface area contributed by atoms with E-state index in [0.717, 1.165) is 18.2 Å². The summed E-state index contributed by atoms with van der Waals surface area (Å²) in [5.74, 6) is 1.11. The monoisotopic (exact) mass is 358 g/mol. The summed E-state index contributed by atoms with van der Waals surface area (Å²) in [4.78, 5) is 8.66. The third-order valence-corrected chi connectivity index (χ3v) is 3.90. The van der Waals surface area contributed by atoms with E-state index in [9.17, 15) is 8.78 Å². The van der Waals surface area contributed by atoms with Crippen molar-refractivity contribution in [2.75, 3.05) is 10.6 Å². The van der Waals surface area contributed by atoms with Gasteiger partial charge in [0.2, 0.25) is 0 Å². The molecule has 0 aliphatic carbocycles. The van der Waals surface area contributed by atoms with E-state index in [0.29, 0.717) is 28.8 Å². The van der Waals surface area contributed by atoms with Gasteiger partial charge in [-0.2, -0.15) is 5.10 Å². The van der Waals surface area contributed by atoms with Crippen LogP contribution in [0, 0.1) is 18.6 Å². The molecular formula is C18H20F2N6. The maximum atomic E-state index is 13.9. The molecule has 0 spiro atoms. The summed E-state index contributed by atoms with van der Waals surface area (Å²) in [6.45, 7) is 5.58. The Morgan fingerprint density at radius 2 is 1.85 bits per heavy atom. The van der Waals surface area contributed by atoms with Gasteiger partial charge in [0, 0.05) is 29.5 Å². The Morgan fingerprint density at radius 3 is 2.54 bits per heavy atom. The first kappa shape index (κ1) is 17.8. The Morgan fingerprint density at radius 1 is 1.08 bits per heavy atom. The molecule has 1 aromatic carbocycles. The average Bonchev–Trinajstić information content (AvgIpc) is 3.01. The van der Waals surface area contributed by atoms with Crippen molar-refractivity contribution in [1.29, 1.82) is 0 Å². The van der Waals surface area contributed by atoms with Crippen molar-refractivity contribution >= 4 is 17.5 Å². The van der Waals surface area contributed by atoms with Crippen LogP contribution in [0.25, 0.3) is 0 Å². The van der Waals surface area contributed by atoms with Gasteiger partial charge in [-0.15, -0.1) is 0 Å². The van der Waals surface area contributed by atoms with Crippen LogP contribution in [0.5, 0.6) is 0 Å². The van der Waals surface area contributed by atoms with Crippen molar-refractivity contribution in [3.8, 4) is 0 Å². The maximum Gasteiger partial charge on any atom is 0.153 e. The lowest BCUT2D eigenvalue weighted by Crippen LogP contribution is -2.11. The fraction of sp³-hybridized carbons (Fsp3) is 0.278. The molecule has 0 fully saturated rings. The molecule has 0 aliphatic heterocycles. The fourth-order valence-corrected chi connectivity index (χ4v) is 2.60. The third kappa shape index (κ3) is 4.14. The first-order valence-corrected chi connectivity index (χ1v) is 8.33. The van der Waals surface area contributed by atoms with E-state index in [-0.39, 0.29) is 0 Å². The number of aromatic nitrogens is 4. The molecule has 0 aliphatic rings. The van der Waals surface area contributed by atoms with E-state index in [2.05, 4.69) is 30.8 Å². The number of hydrogen-bond acceptors (Lipinski definition) is 5. The highest BCUT2D eigenvalue weighted by atomic mass is 19.1. The van der Waals surface area contributed by atoms with Gasteiger partial charge < -0.3 is 10.6 Å². The van der Waals surface area contributed by atoms with E-state index in [4.69, 9.17) is 0 Å². The van der Waals surface area contributed by atoms with E-state index in [1.165, 1.54) is 12.1 Å². The van der Waals surface area contributed by atoms with E-state index < -0.39 is 17.7 Å². The number of hydrogen-bond donors (Lipinski definition) is 3. The van der Waals surface area contributed by atoms with Crippen LogP contribution in [0.3, 0.4) is 0 Å². The molecule has 3 rings (SSSR count). The molecule has 1 atom stereocenters. The zero-order chi connectivity index (χ0) is 18.7. The van der Waals surface area contributed by atoms with Crippen molar-refractivity contribution in [2.24, 2.45) is 0 Å². The number of nitrogens with zero attached hydrogens (tertiary/aromatic N) is 3. The Hall–Kier alpha value is -3.03. The van der Waals surface area contributed by atoms with Crippen LogP contribution in [-0.4, -0.2) is 20.2 Å². The molecule has 0 radical (unpaired) electrons. The summed E-state index contributed by atoms with van der Waals surface area (Å²) >= 11 is 0. The van der Waals surface area contributed by atoms with Gasteiger partial charge in [0.25, 0.3) is 0 Å². The predicted molar refractivity (Wildman–Crippen MR) is 96.4 cm³/mol. The molecule has 2 heterocycles. The van der Waals surface area contributed by atoms with Crippen LogP contribution >= 0.6 is 0 Å². The molecule has 2 aromatic heterocycles. The summed E-state index contributed by atoms with van der Waals surface area (Å²) in [7, 11) is 0. The van der Waals surface area contributed by atoms with E-state index in [1.54, 1.807) is 19.9 Å². The van der Waals surface area contributed by atoms with Gasteiger partial charge >= 0.3 is 0 Å². The Balaban J connectivity index is 1.78. The number of aromatic amines is 1. The molecule has 8 heteroatoms. The topological polar surface area (TPSA) is 78.5 Å². The fourth-order valence-electron chi connectivity index (χ4n) is 2.60. The standard InChI is InChI=1S/C18H20F2N6/c1-4-13-8-18(26-25-13)24-17-9-16(22-11(3)23-17)21-10(2)14-6-5-12(19)7-15(14)20/h5-10H,4H2,1-3H3,(H3,21,22,23,24,25,26). The molecular weight excluding hydrogens is 338 g/mol. The first-order chi connectivity index (χ1) is 12.4. The normalized spacial score (nSPS) is 12.0. The van der Waals surface area contributed by atoms with Crippen LogP contribution in [0.4, 0.5) is 26.2 Å². The van der Waals surface area contributed by atoms with Crippen molar-refractivity contribution in [3.05, 3.63) is 59.0 Å². The molecule has 3 N–H and O–H groups in total. The van der Waals surface area contributed by atoms with Crippen LogP contribution in [0.2, 0.25) is 0 Å². The Bertz CT molecular complexity index is 908. The lowest BCUT2D eigenvalue weighted by Gasteiger charge is -2.16. The zero-order valence-electron chi connectivity index (χ0n) is 14.8. The number of aryl methyl sites for hydroxylation is 2. The molecule has 0 amide bonds. The Labute approximate surface area is 150 Å². The number of H-pyrrole nitrogens is 1. The minimum absolute atomic E-state index is 0.358. The summed E-state index contributed by atoms with van der Waals surface area (Å²) in [6, 6.07) is 6.75. The quantitative estimate of drug-likeness (QED) is 0.613. The van der Waals surface area contributed by atoms with E-state index in [1.807, 2.05) is 13.0 Å². The number of anilines is 3. The van der Waals surface area contributed by atoms with Crippen LogP contribution in [0.1, 0.15) is 37.0 Å². The van der Waals surface area contributed by atoms with Gasteiger partial charge in [0.05, 0.1) is 6.04 Å². The SMILES string of the molecule is CCc1cc(Nc2cc(NC(C)c3ccc(F)cc3F)nc(C)n2)n[nH]1. The molecule has 0 bridgehead atoms. The largest absolute Gasteiger partial charge is 0.363 e. The molecule has 3 aromatic rings. The molecule has 1 unspecified atom stereocenters. The van der Waals surface area contributed by atoms with Gasteiger partial charge in [-0.3, -0.25) is 5.10 Å². The second kappa shape index (κ2) is 7.47. The highest BCUT2D eigenvalue weighted by Crippen LogP contribution is 2.23. The second-order valence-electron chi connectivity index (χ2n) is 5.97. The number of rotatable bonds is 6. The van der Waals surface area contributed by atoms with Crippen LogP contribution in [-0.2, 0) is 6.42 Å². The van der Waals surface area contributed by atoms with Crippen molar-refractivity contribution < 1.29 is 8.78 Å². The van der Waals surface area contributed by atoms with Gasteiger partial charge in [0.1, 0.15) is 29.1 Å². The lowest BCUT2D eigenvalue weighted by molar-refractivity contribution is 0.566. The van der Waals surface area contributed by atoms with Crippen molar-refractivity contribution in [3.63, 3.8) is 0 Å². The average molecular weight is 358 g/mol. The Kier molecular flexibility index (Phi) is 5.11. The summed E-state index contributed by atoms with van der Waals surface area (Å²) in [6.07, 6.45) is 0.852. The summed E-state index contributed by atoms with van der Waals surface area (Å²) in [5, 5.41) is 13.3.